The largest absolute Gasteiger partial charge is 0.223 e. The predicted molar refractivity (Wildman–Crippen MR) is 67.9 cm³/mol. The van der Waals surface area contributed by atoms with Crippen LogP contribution in [0.25, 0.3) is 10.9 Å². The number of hydrogen-bond donors (Lipinski definition) is 0. The molecule has 1 aromatic heterocycles. The van der Waals surface area contributed by atoms with Crippen molar-refractivity contribution in [1.82, 2.24) is 9.97 Å². The van der Waals surface area contributed by atoms with Gasteiger partial charge in [-0.2, -0.15) is 0 Å². The Labute approximate surface area is 101 Å². The number of para-hydroxylation sites is 1. The SMILES string of the molecule is CCC(C)(C)c1nc(Cl)nc2ccccc12. The maximum atomic E-state index is 5.96. The number of halogens is 1. The summed E-state index contributed by atoms with van der Waals surface area (Å²) in [5.41, 5.74) is 1.97. The molecular weight excluding hydrogens is 220 g/mol. The number of fused-ring (bicyclic) bond motifs is 1. The predicted octanol–water partition coefficient (Wildman–Crippen LogP) is 3.97. The molecule has 84 valence electrons. The van der Waals surface area contributed by atoms with Gasteiger partial charge in [0.1, 0.15) is 0 Å². The van der Waals surface area contributed by atoms with Crippen LogP contribution < -0.4 is 0 Å². The third-order valence-electron chi connectivity index (χ3n) is 3.10. The highest BCUT2D eigenvalue weighted by molar-refractivity contribution is 6.28. The average Bonchev–Trinajstić information content (AvgIpc) is 2.28. The van der Waals surface area contributed by atoms with Crippen molar-refractivity contribution in [3.8, 4) is 0 Å². The summed E-state index contributed by atoms with van der Waals surface area (Å²) in [4.78, 5) is 8.64. The van der Waals surface area contributed by atoms with Gasteiger partial charge in [-0.15, -0.1) is 0 Å². The Bertz CT molecular complexity index is 520. The molecule has 0 aliphatic rings. The first-order valence-corrected chi connectivity index (χ1v) is 5.85. The fourth-order valence-electron chi connectivity index (χ4n) is 1.73. The van der Waals surface area contributed by atoms with E-state index in [4.69, 9.17) is 11.6 Å². The Morgan fingerprint density at radius 2 is 1.88 bits per heavy atom. The van der Waals surface area contributed by atoms with E-state index < -0.39 is 0 Å². The second-order valence-corrected chi connectivity index (χ2v) is 4.93. The number of rotatable bonds is 2. The molecule has 1 aromatic carbocycles. The molecule has 2 nitrogen and oxygen atoms in total. The zero-order chi connectivity index (χ0) is 11.8. The molecule has 0 amide bonds. The van der Waals surface area contributed by atoms with Crippen molar-refractivity contribution in [2.45, 2.75) is 32.6 Å². The Morgan fingerprint density at radius 3 is 2.56 bits per heavy atom. The first-order chi connectivity index (χ1) is 7.54. The molecule has 0 aliphatic heterocycles. The second kappa shape index (κ2) is 4.02. The Morgan fingerprint density at radius 1 is 1.19 bits per heavy atom. The van der Waals surface area contributed by atoms with Gasteiger partial charge in [-0.05, 0) is 24.1 Å². The maximum absolute atomic E-state index is 5.96. The molecule has 2 aromatic rings. The van der Waals surface area contributed by atoms with Crippen molar-refractivity contribution >= 4 is 22.5 Å². The molecule has 1 heterocycles. The summed E-state index contributed by atoms with van der Waals surface area (Å²) in [6.45, 7) is 6.51. The van der Waals surface area contributed by atoms with Gasteiger partial charge in [-0.3, -0.25) is 0 Å². The van der Waals surface area contributed by atoms with Gasteiger partial charge in [-0.1, -0.05) is 39.0 Å². The van der Waals surface area contributed by atoms with Gasteiger partial charge < -0.3 is 0 Å². The van der Waals surface area contributed by atoms with Gasteiger partial charge in [0.15, 0.2) is 0 Å². The van der Waals surface area contributed by atoms with Crippen LogP contribution >= 0.6 is 11.6 Å². The van der Waals surface area contributed by atoms with Crippen LogP contribution in [-0.2, 0) is 5.41 Å². The first kappa shape index (κ1) is 11.3. The number of benzene rings is 1. The Kier molecular flexibility index (Phi) is 2.85. The lowest BCUT2D eigenvalue weighted by atomic mass is 9.84. The maximum Gasteiger partial charge on any atom is 0.223 e. The molecule has 0 spiro atoms. The minimum Gasteiger partial charge on any atom is -0.222 e. The topological polar surface area (TPSA) is 25.8 Å². The van der Waals surface area contributed by atoms with Gasteiger partial charge in [0.2, 0.25) is 5.28 Å². The lowest BCUT2D eigenvalue weighted by Crippen LogP contribution is -2.18. The second-order valence-electron chi connectivity index (χ2n) is 4.60. The van der Waals surface area contributed by atoms with Crippen LogP contribution in [0.4, 0.5) is 0 Å². The minimum atomic E-state index is 0.0200. The summed E-state index contributed by atoms with van der Waals surface area (Å²) in [5, 5.41) is 1.42. The van der Waals surface area contributed by atoms with Crippen molar-refractivity contribution in [2.75, 3.05) is 0 Å². The molecule has 16 heavy (non-hydrogen) atoms. The van der Waals surface area contributed by atoms with E-state index in [0.717, 1.165) is 23.0 Å². The summed E-state index contributed by atoms with van der Waals surface area (Å²) < 4.78 is 0. The molecule has 0 saturated carbocycles. The molecule has 3 heteroatoms. The Balaban J connectivity index is 2.77. The fraction of sp³-hybridized carbons (Fsp3) is 0.385. The highest BCUT2D eigenvalue weighted by atomic mass is 35.5. The van der Waals surface area contributed by atoms with Crippen molar-refractivity contribution in [2.24, 2.45) is 0 Å². The molecule has 0 radical (unpaired) electrons. The molecule has 0 aliphatic carbocycles. The van der Waals surface area contributed by atoms with E-state index in [2.05, 4.69) is 36.8 Å². The highest BCUT2D eigenvalue weighted by Crippen LogP contribution is 2.31. The summed E-state index contributed by atoms with van der Waals surface area (Å²) in [6.07, 6.45) is 1.02. The van der Waals surface area contributed by atoms with E-state index in [1.807, 2.05) is 18.2 Å². The average molecular weight is 235 g/mol. The zero-order valence-electron chi connectivity index (χ0n) is 9.79. The van der Waals surface area contributed by atoms with Crippen LogP contribution in [0.15, 0.2) is 24.3 Å². The molecule has 0 N–H and O–H groups in total. The summed E-state index contributed by atoms with van der Waals surface area (Å²) in [5.74, 6) is 0. The van der Waals surface area contributed by atoms with Crippen LogP contribution in [0, 0.1) is 0 Å². The van der Waals surface area contributed by atoms with Crippen LogP contribution in [0.2, 0.25) is 5.28 Å². The number of aromatic nitrogens is 2. The first-order valence-electron chi connectivity index (χ1n) is 5.47. The van der Waals surface area contributed by atoms with Gasteiger partial charge in [-0.25, -0.2) is 9.97 Å². The van der Waals surface area contributed by atoms with E-state index in [1.165, 1.54) is 0 Å². The lowest BCUT2D eigenvalue weighted by molar-refractivity contribution is 0.494. The van der Waals surface area contributed by atoms with Crippen molar-refractivity contribution in [3.05, 3.63) is 35.2 Å². The standard InChI is InChI=1S/C13H15ClN2/c1-4-13(2,3)11-9-7-5-6-8-10(9)15-12(14)16-11/h5-8H,4H2,1-3H3. The van der Waals surface area contributed by atoms with Crippen molar-refractivity contribution in [3.63, 3.8) is 0 Å². The van der Waals surface area contributed by atoms with Crippen LogP contribution in [0.5, 0.6) is 0 Å². The van der Waals surface area contributed by atoms with Crippen LogP contribution in [0.3, 0.4) is 0 Å². The van der Waals surface area contributed by atoms with E-state index in [9.17, 15) is 0 Å². The van der Waals surface area contributed by atoms with E-state index in [1.54, 1.807) is 0 Å². The molecule has 0 bridgehead atoms. The summed E-state index contributed by atoms with van der Waals surface area (Å²) in [6, 6.07) is 8.00. The van der Waals surface area contributed by atoms with Crippen molar-refractivity contribution < 1.29 is 0 Å². The molecule has 0 unspecified atom stereocenters. The minimum absolute atomic E-state index is 0.0200. The highest BCUT2D eigenvalue weighted by Gasteiger charge is 2.23. The molecule has 0 saturated heterocycles. The summed E-state index contributed by atoms with van der Waals surface area (Å²) >= 11 is 5.96. The van der Waals surface area contributed by atoms with Gasteiger partial charge in [0, 0.05) is 10.8 Å². The van der Waals surface area contributed by atoms with Crippen LogP contribution in [-0.4, -0.2) is 9.97 Å². The van der Waals surface area contributed by atoms with Gasteiger partial charge in [0.05, 0.1) is 11.2 Å². The lowest BCUT2D eigenvalue weighted by Gasteiger charge is -2.23. The monoisotopic (exact) mass is 234 g/mol. The van der Waals surface area contributed by atoms with Crippen molar-refractivity contribution in [1.29, 1.82) is 0 Å². The molecule has 0 fully saturated rings. The normalized spacial score (nSPS) is 12.0. The number of hydrogen-bond acceptors (Lipinski definition) is 2. The zero-order valence-corrected chi connectivity index (χ0v) is 10.5. The van der Waals surface area contributed by atoms with Gasteiger partial charge in [0.25, 0.3) is 0 Å². The van der Waals surface area contributed by atoms with Gasteiger partial charge >= 0.3 is 0 Å². The molecular formula is C13H15ClN2. The van der Waals surface area contributed by atoms with E-state index in [-0.39, 0.29) is 5.41 Å². The third kappa shape index (κ3) is 1.90. The Hall–Kier alpha value is -1.15. The molecule has 0 atom stereocenters. The fourth-order valence-corrected chi connectivity index (χ4v) is 1.91. The van der Waals surface area contributed by atoms with E-state index in [0.29, 0.717) is 5.28 Å². The third-order valence-corrected chi connectivity index (χ3v) is 3.27. The van der Waals surface area contributed by atoms with Crippen LogP contribution in [0.1, 0.15) is 32.9 Å². The quantitative estimate of drug-likeness (QED) is 0.735. The van der Waals surface area contributed by atoms with E-state index >= 15 is 0 Å². The summed E-state index contributed by atoms with van der Waals surface area (Å²) in [7, 11) is 0. The molecule has 2 rings (SSSR count). The number of nitrogens with zero attached hydrogens (tertiary/aromatic N) is 2. The smallest absolute Gasteiger partial charge is 0.222 e.